The summed E-state index contributed by atoms with van der Waals surface area (Å²) in [7, 11) is 1.59. The summed E-state index contributed by atoms with van der Waals surface area (Å²) in [6.07, 6.45) is 3.73. The van der Waals surface area contributed by atoms with Crippen LogP contribution in [0, 0.1) is 5.92 Å². The van der Waals surface area contributed by atoms with Crippen LogP contribution in [-0.2, 0) is 7.05 Å². The van der Waals surface area contributed by atoms with E-state index in [0.29, 0.717) is 22.6 Å². The molecule has 0 amide bonds. The minimum Gasteiger partial charge on any atom is -0.388 e. The number of hydrogen-bond acceptors (Lipinski definition) is 4. The lowest BCUT2D eigenvalue weighted by Crippen LogP contribution is -2.36. The first kappa shape index (κ1) is 12.6. The molecule has 0 saturated heterocycles. The molecule has 2 N–H and O–H groups in total. The Labute approximate surface area is 108 Å². The maximum absolute atomic E-state index is 11.6. The number of aliphatic hydroxyl groups is 1. The molecule has 1 aromatic heterocycles. The lowest BCUT2D eigenvalue weighted by molar-refractivity contribution is 0.0503. The number of nitrogens with zero attached hydrogens (tertiary/aromatic N) is 2. The lowest BCUT2D eigenvalue weighted by Gasteiger charge is -2.24. The largest absolute Gasteiger partial charge is 0.388 e. The van der Waals surface area contributed by atoms with Crippen molar-refractivity contribution in [3.05, 3.63) is 21.0 Å². The van der Waals surface area contributed by atoms with Gasteiger partial charge in [-0.15, -0.1) is 0 Å². The smallest absolute Gasteiger partial charge is 0.282 e. The van der Waals surface area contributed by atoms with E-state index in [1.165, 1.54) is 4.68 Å². The van der Waals surface area contributed by atoms with Crippen LogP contribution in [0.2, 0.25) is 0 Å². The van der Waals surface area contributed by atoms with Crippen LogP contribution < -0.4 is 10.9 Å². The molecule has 1 aromatic rings. The van der Waals surface area contributed by atoms with Gasteiger partial charge in [0.25, 0.3) is 5.56 Å². The van der Waals surface area contributed by atoms with Crippen LogP contribution in [0.25, 0.3) is 0 Å². The van der Waals surface area contributed by atoms with Gasteiger partial charge in [-0.3, -0.25) is 4.79 Å². The molecule has 1 fully saturated rings. The van der Waals surface area contributed by atoms with E-state index in [0.717, 1.165) is 12.8 Å². The maximum Gasteiger partial charge on any atom is 0.282 e. The summed E-state index contributed by atoms with van der Waals surface area (Å²) >= 11 is 3.23. The van der Waals surface area contributed by atoms with Gasteiger partial charge in [0.1, 0.15) is 4.47 Å². The van der Waals surface area contributed by atoms with Crippen molar-refractivity contribution in [2.24, 2.45) is 13.0 Å². The van der Waals surface area contributed by atoms with Crippen molar-refractivity contribution in [1.29, 1.82) is 0 Å². The molecule has 17 heavy (non-hydrogen) atoms. The average Bonchev–Trinajstić information content (AvgIpc) is 3.09. The van der Waals surface area contributed by atoms with Gasteiger partial charge in [0.05, 0.1) is 17.5 Å². The Bertz CT molecular complexity index is 480. The molecule has 1 saturated carbocycles. The van der Waals surface area contributed by atoms with E-state index in [1.54, 1.807) is 13.2 Å². The second-order valence-corrected chi connectivity index (χ2v) is 5.58. The van der Waals surface area contributed by atoms with Gasteiger partial charge in [0.2, 0.25) is 0 Å². The Morgan fingerprint density at radius 1 is 1.71 bits per heavy atom. The van der Waals surface area contributed by atoms with Crippen LogP contribution in [-0.4, -0.2) is 27.0 Å². The Morgan fingerprint density at radius 3 is 2.94 bits per heavy atom. The third kappa shape index (κ3) is 2.69. The fourth-order valence-corrected chi connectivity index (χ4v) is 2.26. The molecule has 6 heteroatoms. The van der Waals surface area contributed by atoms with Crippen LogP contribution in [0.5, 0.6) is 0 Å². The lowest BCUT2D eigenvalue weighted by atomic mass is 10.0. The molecule has 0 spiro atoms. The van der Waals surface area contributed by atoms with Crippen LogP contribution in [0.1, 0.15) is 19.8 Å². The summed E-state index contributed by atoms with van der Waals surface area (Å²) in [5, 5.41) is 17.1. The number of halogens is 1. The molecule has 1 aliphatic carbocycles. The predicted octanol–water partition coefficient (Wildman–Crippen LogP) is 1.12. The molecule has 0 aliphatic heterocycles. The zero-order valence-electron chi connectivity index (χ0n) is 9.90. The Morgan fingerprint density at radius 2 is 2.35 bits per heavy atom. The van der Waals surface area contributed by atoms with E-state index in [-0.39, 0.29) is 5.56 Å². The van der Waals surface area contributed by atoms with Gasteiger partial charge < -0.3 is 10.4 Å². The van der Waals surface area contributed by atoms with Crippen LogP contribution >= 0.6 is 15.9 Å². The first-order valence-electron chi connectivity index (χ1n) is 5.60. The van der Waals surface area contributed by atoms with Crippen molar-refractivity contribution in [2.45, 2.75) is 25.4 Å². The first-order chi connectivity index (χ1) is 7.92. The van der Waals surface area contributed by atoms with Gasteiger partial charge in [-0.05, 0) is 41.6 Å². The molecule has 1 aliphatic rings. The summed E-state index contributed by atoms with van der Waals surface area (Å²) in [4.78, 5) is 11.6. The maximum atomic E-state index is 11.6. The second-order valence-electron chi connectivity index (χ2n) is 4.79. The Kier molecular flexibility index (Phi) is 3.27. The minimum absolute atomic E-state index is 0.193. The van der Waals surface area contributed by atoms with Crippen LogP contribution in [0.4, 0.5) is 5.69 Å². The third-order valence-corrected chi connectivity index (χ3v) is 3.94. The highest BCUT2D eigenvalue weighted by Crippen LogP contribution is 2.39. The summed E-state index contributed by atoms with van der Waals surface area (Å²) in [5.74, 6) is 0.369. The van der Waals surface area contributed by atoms with Crippen LogP contribution in [0.3, 0.4) is 0 Å². The average molecular weight is 302 g/mol. The normalized spacial score (nSPS) is 18.8. The number of nitrogens with one attached hydrogen (secondary N) is 1. The van der Waals surface area contributed by atoms with E-state index in [1.807, 2.05) is 6.92 Å². The molecule has 0 unspecified atom stereocenters. The standard InChI is InChI=1S/C11H16BrN3O2/c1-11(17,7-3-4-7)6-13-8-5-14-15(2)10(16)9(8)12/h5,7,13,17H,3-4,6H2,1-2H3/t11-/m0/s1. The van der Waals surface area contributed by atoms with Crippen molar-refractivity contribution in [3.63, 3.8) is 0 Å². The van der Waals surface area contributed by atoms with Gasteiger partial charge >= 0.3 is 0 Å². The zero-order chi connectivity index (χ0) is 12.6. The monoisotopic (exact) mass is 301 g/mol. The van der Waals surface area contributed by atoms with Crippen molar-refractivity contribution in [1.82, 2.24) is 9.78 Å². The highest BCUT2D eigenvalue weighted by atomic mass is 79.9. The van der Waals surface area contributed by atoms with E-state index in [9.17, 15) is 9.90 Å². The van der Waals surface area contributed by atoms with Gasteiger partial charge in [-0.2, -0.15) is 5.10 Å². The molecule has 2 rings (SSSR count). The second kappa shape index (κ2) is 4.42. The van der Waals surface area contributed by atoms with Gasteiger partial charge in [-0.25, -0.2) is 4.68 Å². The number of anilines is 1. The van der Waals surface area contributed by atoms with Crippen molar-refractivity contribution in [2.75, 3.05) is 11.9 Å². The summed E-state index contributed by atoms with van der Waals surface area (Å²) in [6.45, 7) is 2.24. The van der Waals surface area contributed by atoms with Gasteiger partial charge in [0, 0.05) is 13.6 Å². The predicted molar refractivity (Wildman–Crippen MR) is 69.0 cm³/mol. The molecule has 5 nitrogen and oxygen atoms in total. The van der Waals surface area contributed by atoms with E-state index in [4.69, 9.17) is 0 Å². The molecular formula is C11H16BrN3O2. The molecule has 94 valence electrons. The quantitative estimate of drug-likeness (QED) is 0.874. The summed E-state index contributed by atoms with van der Waals surface area (Å²) < 4.78 is 1.70. The number of rotatable bonds is 4. The fourth-order valence-electron chi connectivity index (χ4n) is 1.76. The van der Waals surface area contributed by atoms with Crippen molar-refractivity contribution in [3.8, 4) is 0 Å². The molecule has 1 atom stereocenters. The van der Waals surface area contributed by atoms with E-state index >= 15 is 0 Å². The van der Waals surface area contributed by atoms with Gasteiger partial charge in [-0.1, -0.05) is 0 Å². The van der Waals surface area contributed by atoms with Crippen molar-refractivity contribution < 1.29 is 5.11 Å². The van der Waals surface area contributed by atoms with Crippen LogP contribution in [0.15, 0.2) is 15.5 Å². The fraction of sp³-hybridized carbons (Fsp3) is 0.636. The zero-order valence-corrected chi connectivity index (χ0v) is 11.5. The number of hydrogen-bond donors (Lipinski definition) is 2. The molecule has 1 heterocycles. The first-order valence-corrected chi connectivity index (χ1v) is 6.39. The number of aryl methyl sites for hydroxylation is 1. The van der Waals surface area contributed by atoms with Crippen molar-refractivity contribution >= 4 is 21.6 Å². The molecule has 0 radical (unpaired) electrons. The minimum atomic E-state index is -0.722. The highest BCUT2D eigenvalue weighted by Gasteiger charge is 2.39. The Balaban J connectivity index is 2.09. The van der Waals surface area contributed by atoms with E-state index < -0.39 is 5.60 Å². The summed E-state index contributed by atoms with van der Waals surface area (Å²) in [6, 6.07) is 0. The SMILES string of the molecule is Cn1ncc(NC[C@](C)(O)C2CC2)c(Br)c1=O. The Hall–Kier alpha value is -0.880. The molecule has 0 bridgehead atoms. The summed E-state index contributed by atoms with van der Waals surface area (Å²) in [5.41, 5.74) is -0.296. The molecular weight excluding hydrogens is 286 g/mol. The highest BCUT2D eigenvalue weighted by molar-refractivity contribution is 9.10. The topological polar surface area (TPSA) is 67.2 Å². The third-order valence-electron chi connectivity index (χ3n) is 3.17. The van der Waals surface area contributed by atoms with E-state index in [2.05, 4.69) is 26.3 Å². The van der Waals surface area contributed by atoms with Gasteiger partial charge in [0.15, 0.2) is 0 Å². The molecule has 0 aromatic carbocycles. The number of aromatic nitrogens is 2.